The number of aliphatic imine (C=N–C) groups is 2. The largest absolute Gasteiger partial charge is 0.483 e. The minimum Gasteiger partial charge on any atom is -0.483 e. The summed E-state index contributed by atoms with van der Waals surface area (Å²) in [4.78, 5) is 21.0. The number of hydrogen-bond donors (Lipinski definition) is 1. The number of pyridine rings is 1. The summed E-state index contributed by atoms with van der Waals surface area (Å²) in [6, 6.07) is 11.6. The lowest BCUT2D eigenvalue weighted by Crippen LogP contribution is -2.13. The van der Waals surface area contributed by atoms with Crippen LogP contribution < -0.4 is 0 Å². The van der Waals surface area contributed by atoms with Crippen LogP contribution >= 0.6 is 11.6 Å². The van der Waals surface area contributed by atoms with Gasteiger partial charge >= 0.3 is 0 Å². The van der Waals surface area contributed by atoms with E-state index < -0.39 is 0 Å². The number of halogens is 1. The third-order valence-corrected chi connectivity index (χ3v) is 4.05. The molecule has 1 N–H and O–H groups in total. The quantitative estimate of drug-likeness (QED) is 0.418. The van der Waals surface area contributed by atoms with Crippen molar-refractivity contribution in [1.29, 1.82) is 0 Å². The summed E-state index contributed by atoms with van der Waals surface area (Å²) < 4.78 is 6.00. The molecule has 0 aliphatic rings. The maximum atomic E-state index is 8.36. The average molecular weight is 402 g/mol. The molecule has 0 spiro atoms. The minimum atomic E-state index is -0.250. The Morgan fingerprint density at radius 1 is 1.29 bits per heavy atom. The summed E-state index contributed by atoms with van der Waals surface area (Å²) in [5, 5.41) is 7.60. The fraction of sp³-hybridized carbons (Fsp3) is 0.238. The van der Waals surface area contributed by atoms with Crippen LogP contribution in [0, 0.1) is 0 Å². The van der Waals surface area contributed by atoms with E-state index >= 15 is 0 Å². The number of benzene rings is 1. The summed E-state index contributed by atoms with van der Waals surface area (Å²) in [5.74, 6) is 0.573. The van der Waals surface area contributed by atoms with Crippen molar-refractivity contribution in [1.82, 2.24) is 4.98 Å². The Kier molecular flexibility index (Phi) is 10.9. The molecule has 0 aliphatic carbocycles. The minimum absolute atomic E-state index is 0.250. The Morgan fingerprint density at radius 2 is 1.93 bits per heavy atom. The van der Waals surface area contributed by atoms with E-state index in [1.165, 1.54) is 0 Å². The fourth-order valence-electron chi connectivity index (χ4n) is 2.29. The summed E-state index contributed by atoms with van der Waals surface area (Å²) in [6.07, 6.45) is 4.07. The number of carbonyl (C=O) groups is 1. The highest BCUT2D eigenvalue weighted by Gasteiger charge is 2.15. The second-order valence-electron chi connectivity index (χ2n) is 5.52. The van der Waals surface area contributed by atoms with E-state index in [-0.39, 0.29) is 6.47 Å². The third-order valence-electron chi connectivity index (χ3n) is 3.68. The van der Waals surface area contributed by atoms with E-state index in [1.54, 1.807) is 12.4 Å². The monoisotopic (exact) mass is 401 g/mol. The highest BCUT2D eigenvalue weighted by Crippen LogP contribution is 2.22. The van der Waals surface area contributed by atoms with Crippen LogP contribution in [0.25, 0.3) is 0 Å². The van der Waals surface area contributed by atoms with E-state index in [9.17, 15) is 0 Å². The Balaban J connectivity index is 0.00000122. The predicted molar refractivity (Wildman–Crippen MR) is 113 cm³/mol. The molecule has 0 unspecified atom stereocenters. The molecular formula is C21H24ClN3O3. The van der Waals surface area contributed by atoms with Gasteiger partial charge in [-0.1, -0.05) is 29.8 Å². The van der Waals surface area contributed by atoms with Crippen molar-refractivity contribution < 1.29 is 14.6 Å². The molecule has 2 rings (SSSR count). The fourth-order valence-corrected chi connectivity index (χ4v) is 2.49. The van der Waals surface area contributed by atoms with Gasteiger partial charge in [-0.3, -0.25) is 19.8 Å². The summed E-state index contributed by atoms with van der Waals surface area (Å²) in [6.45, 7) is 8.30. The topological polar surface area (TPSA) is 84.1 Å². The SMILES string of the molecule is C=N/C(C)=C(/Cc1ccccc1Cl)C(=NCC)OCc1ccncc1.O=CO. The molecule has 6 nitrogen and oxygen atoms in total. The number of allylic oxidation sites excluding steroid dienone is 1. The smallest absolute Gasteiger partial charge is 0.290 e. The normalized spacial score (nSPS) is 11.6. The number of aromatic nitrogens is 1. The van der Waals surface area contributed by atoms with Crippen molar-refractivity contribution >= 4 is 30.7 Å². The van der Waals surface area contributed by atoms with Crippen LogP contribution in [0.4, 0.5) is 0 Å². The summed E-state index contributed by atoms with van der Waals surface area (Å²) >= 11 is 6.31. The Morgan fingerprint density at radius 3 is 2.50 bits per heavy atom. The van der Waals surface area contributed by atoms with E-state index in [2.05, 4.69) is 21.7 Å². The molecule has 0 saturated heterocycles. The Hall–Kier alpha value is -2.99. The van der Waals surface area contributed by atoms with Crippen molar-refractivity contribution in [3.63, 3.8) is 0 Å². The lowest BCUT2D eigenvalue weighted by Gasteiger charge is -2.15. The zero-order valence-corrected chi connectivity index (χ0v) is 16.8. The molecule has 0 aliphatic heterocycles. The number of nitrogens with zero attached hydrogens (tertiary/aromatic N) is 3. The zero-order valence-electron chi connectivity index (χ0n) is 16.0. The lowest BCUT2D eigenvalue weighted by atomic mass is 10.0. The zero-order chi connectivity index (χ0) is 20.8. The molecule has 0 fully saturated rings. The van der Waals surface area contributed by atoms with Gasteiger partial charge in [0.15, 0.2) is 0 Å². The second kappa shape index (κ2) is 13.2. The number of ether oxygens (including phenoxy) is 1. The van der Waals surface area contributed by atoms with Gasteiger partial charge in [0.05, 0.1) is 0 Å². The van der Waals surface area contributed by atoms with E-state index in [0.29, 0.717) is 30.5 Å². The molecule has 0 atom stereocenters. The van der Waals surface area contributed by atoms with Crippen LogP contribution in [0.3, 0.4) is 0 Å². The third kappa shape index (κ3) is 7.72. The van der Waals surface area contributed by atoms with Gasteiger partial charge < -0.3 is 9.84 Å². The van der Waals surface area contributed by atoms with Gasteiger partial charge in [0.25, 0.3) is 6.47 Å². The van der Waals surface area contributed by atoms with Gasteiger partial charge in [0, 0.05) is 41.7 Å². The van der Waals surface area contributed by atoms with Crippen molar-refractivity contribution in [2.75, 3.05) is 6.54 Å². The summed E-state index contributed by atoms with van der Waals surface area (Å²) in [7, 11) is 0. The number of rotatable bonds is 7. The first kappa shape index (κ1) is 23.0. The molecule has 1 aromatic carbocycles. The Labute approximate surface area is 170 Å². The molecule has 7 heteroatoms. The molecule has 1 aromatic heterocycles. The Bertz CT molecular complexity index is 821. The van der Waals surface area contributed by atoms with Crippen molar-refractivity contribution in [2.45, 2.75) is 26.9 Å². The van der Waals surface area contributed by atoms with E-state index in [0.717, 1.165) is 22.4 Å². The molecule has 2 aromatic rings. The highest BCUT2D eigenvalue weighted by molar-refractivity contribution is 6.31. The van der Waals surface area contributed by atoms with Crippen molar-refractivity contribution in [3.05, 3.63) is 76.2 Å². The first-order chi connectivity index (χ1) is 13.6. The summed E-state index contributed by atoms with van der Waals surface area (Å²) in [5.41, 5.74) is 3.69. The predicted octanol–water partition coefficient (Wildman–Crippen LogP) is 4.59. The first-order valence-corrected chi connectivity index (χ1v) is 8.99. The second-order valence-corrected chi connectivity index (χ2v) is 5.93. The van der Waals surface area contributed by atoms with Crippen LogP contribution in [0.2, 0.25) is 5.02 Å². The average Bonchev–Trinajstić information content (AvgIpc) is 2.71. The van der Waals surface area contributed by atoms with Crippen molar-refractivity contribution in [3.8, 4) is 0 Å². The molecule has 0 bridgehead atoms. The van der Waals surface area contributed by atoms with Gasteiger partial charge in [0.2, 0.25) is 5.90 Å². The first-order valence-electron chi connectivity index (χ1n) is 8.61. The van der Waals surface area contributed by atoms with Crippen LogP contribution in [0.5, 0.6) is 0 Å². The number of hydrogen-bond acceptors (Lipinski definition) is 5. The molecular weight excluding hydrogens is 378 g/mol. The van der Waals surface area contributed by atoms with Crippen LogP contribution in [0.15, 0.2) is 70.0 Å². The standard InChI is InChI=1S/C20H22ClN3O.CH2O2/c1-4-24-20(25-14-16-9-11-23-12-10-16)18(15(2)22-3)13-17-7-5-6-8-19(17)21;2-1-3/h5-12H,3-4,13-14H2,1-2H3;1H,(H,2,3)/b18-15-,24-20?;. The highest BCUT2D eigenvalue weighted by atomic mass is 35.5. The maximum Gasteiger partial charge on any atom is 0.290 e. The van der Waals surface area contributed by atoms with Crippen LogP contribution in [0.1, 0.15) is 25.0 Å². The van der Waals surface area contributed by atoms with Gasteiger partial charge in [0.1, 0.15) is 6.61 Å². The van der Waals surface area contributed by atoms with Gasteiger partial charge in [-0.25, -0.2) is 0 Å². The molecule has 1 heterocycles. The van der Waals surface area contributed by atoms with Crippen LogP contribution in [-0.4, -0.2) is 35.7 Å². The molecule has 0 saturated carbocycles. The van der Waals surface area contributed by atoms with Crippen molar-refractivity contribution in [2.24, 2.45) is 9.98 Å². The van der Waals surface area contributed by atoms with E-state index in [1.807, 2.05) is 50.2 Å². The van der Waals surface area contributed by atoms with E-state index in [4.69, 9.17) is 26.2 Å². The van der Waals surface area contributed by atoms with Crippen LogP contribution in [-0.2, 0) is 22.6 Å². The van der Waals surface area contributed by atoms with Gasteiger partial charge in [-0.2, -0.15) is 0 Å². The lowest BCUT2D eigenvalue weighted by molar-refractivity contribution is -0.122. The maximum absolute atomic E-state index is 8.36. The number of carboxylic acid groups (broad SMARTS) is 1. The van der Waals surface area contributed by atoms with Gasteiger partial charge in [-0.05, 0) is 49.9 Å². The molecule has 28 heavy (non-hydrogen) atoms. The molecule has 148 valence electrons. The molecule has 0 radical (unpaired) electrons. The van der Waals surface area contributed by atoms with Gasteiger partial charge in [-0.15, -0.1) is 0 Å². The molecule has 0 amide bonds.